The summed E-state index contributed by atoms with van der Waals surface area (Å²) in [4.78, 5) is 43.9. The second kappa shape index (κ2) is 14.7. The quantitative estimate of drug-likeness (QED) is 0.207. The van der Waals surface area contributed by atoms with Crippen LogP contribution in [-0.2, 0) is 14.4 Å². The highest BCUT2D eigenvalue weighted by Gasteiger charge is 2.30. The highest BCUT2D eigenvalue weighted by atomic mass is 16.7. The van der Waals surface area contributed by atoms with Crippen molar-refractivity contribution in [3.8, 4) is 5.75 Å². The van der Waals surface area contributed by atoms with Crippen molar-refractivity contribution >= 4 is 40.6 Å². The van der Waals surface area contributed by atoms with Crippen LogP contribution in [-0.4, -0.2) is 80.8 Å². The molecule has 0 spiro atoms. The van der Waals surface area contributed by atoms with Crippen molar-refractivity contribution in [2.24, 2.45) is 0 Å². The van der Waals surface area contributed by atoms with Crippen LogP contribution in [0.3, 0.4) is 0 Å². The molecule has 4 rings (SSSR count). The van der Waals surface area contributed by atoms with Gasteiger partial charge in [0.1, 0.15) is 17.9 Å². The van der Waals surface area contributed by atoms with Crippen LogP contribution < -0.4 is 25.3 Å². The highest BCUT2D eigenvalue weighted by molar-refractivity contribution is 6.02. The maximum absolute atomic E-state index is 12.5. The molecule has 1 fully saturated rings. The molecule has 234 valence electrons. The zero-order chi connectivity index (χ0) is 31.8. The van der Waals surface area contributed by atoms with Gasteiger partial charge in [0, 0.05) is 38.7 Å². The first kappa shape index (κ1) is 32.2. The molecule has 44 heavy (non-hydrogen) atoms. The molecular formula is C32H41N7O5. The number of methoxy groups -OCH3 is 1. The SMILES string of the molecule is C=CC(=O)Nc1cc(Nc2cc(N3OCC[C@@H]3c3cccc(C(=O)OC(C)C)c3)ncn2)c(OC)cc1N(C)CCN(C)C. The molecule has 0 aliphatic carbocycles. The van der Waals surface area contributed by atoms with Gasteiger partial charge in [-0.25, -0.2) is 19.8 Å². The number of hydrogen-bond acceptors (Lipinski definition) is 11. The first-order chi connectivity index (χ1) is 21.1. The smallest absolute Gasteiger partial charge is 0.338 e. The molecule has 0 radical (unpaired) electrons. The average molecular weight is 604 g/mol. The first-order valence-electron chi connectivity index (χ1n) is 14.4. The minimum atomic E-state index is -0.367. The lowest BCUT2D eigenvalue weighted by atomic mass is 10.0. The van der Waals surface area contributed by atoms with E-state index in [0.29, 0.717) is 47.4 Å². The number of hydrogen-bond donors (Lipinski definition) is 2. The topological polar surface area (TPSA) is 121 Å². The Morgan fingerprint density at radius 1 is 1.14 bits per heavy atom. The lowest BCUT2D eigenvalue weighted by Gasteiger charge is -2.26. The molecule has 1 aliphatic heterocycles. The number of nitrogens with one attached hydrogen (secondary N) is 2. The van der Waals surface area contributed by atoms with E-state index in [1.54, 1.807) is 30.4 Å². The van der Waals surface area contributed by atoms with Gasteiger partial charge in [-0.1, -0.05) is 18.7 Å². The van der Waals surface area contributed by atoms with Gasteiger partial charge >= 0.3 is 5.97 Å². The van der Waals surface area contributed by atoms with Crippen molar-refractivity contribution < 1.29 is 23.9 Å². The Kier molecular flexibility index (Phi) is 10.7. The molecule has 12 heteroatoms. The van der Waals surface area contributed by atoms with Crippen LogP contribution >= 0.6 is 0 Å². The lowest BCUT2D eigenvalue weighted by molar-refractivity contribution is -0.111. The van der Waals surface area contributed by atoms with E-state index in [1.807, 2.05) is 59.3 Å². The van der Waals surface area contributed by atoms with Gasteiger partial charge < -0.3 is 29.9 Å². The molecule has 1 saturated heterocycles. The van der Waals surface area contributed by atoms with Gasteiger partial charge in [0.2, 0.25) is 5.91 Å². The van der Waals surface area contributed by atoms with Crippen LogP contribution in [0.4, 0.5) is 28.7 Å². The van der Waals surface area contributed by atoms with Gasteiger partial charge in [0.25, 0.3) is 0 Å². The molecular weight excluding hydrogens is 562 g/mol. The van der Waals surface area contributed by atoms with Gasteiger partial charge in [-0.3, -0.25) is 9.63 Å². The van der Waals surface area contributed by atoms with Gasteiger partial charge in [-0.2, -0.15) is 0 Å². The summed E-state index contributed by atoms with van der Waals surface area (Å²) in [5.74, 6) is 0.902. The molecule has 0 saturated carbocycles. The average Bonchev–Trinajstić information content (AvgIpc) is 3.50. The lowest BCUT2D eigenvalue weighted by Crippen LogP contribution is -2.29. The summed E-state index contributed by atoms with van der Waals surface area (Å²) < 4.78 is 11.1. The van der Waals surface area contributed by atoms with Crippen LogP contribution in [0.15, 0.2) is 61.4 Å². The number of nitrogens with zero attached hydrogens (tertiary/aromatic N) is 5. The number of hydroxylamine groups is 1. The Morgan fingerprint density at radius 3 is 2.64 bits per heavy atom. The Hall–Kier alpha value is -4.68. The first-order valence-corrected chi connectivity index (χ1v) is 14.4. The largest absolute Gasteiger partial charge is 0.494 e. The number of ether oxygens (including phenoxy) is 2. The second-order valence-corrected chi connectivity index (χ2v) is 10.9. The van der Waals surface area contributed by atoms with Gasteiger partial charge in [-0.15, -0.1) is 0 Å². The Morgan fingerprint density at radius 2 is 1.93 bits per heavy atom. The summed E-state index contributed by atoms with van der Waals surface area (Å²) in [6.07, 6.45) is 3.17. The van der Waals surface area contributed by atoms with Gasteiger partial charge in [0.15, 0.2) is 5.82 Å². The number of rotatable bonds is 13. The van der Waals surface area contributed by atoms with E-state index in [1.165, 1.54) is 12.4 Å². The van der Waals surface area contributed by atoms with Crippen molar-refractivity contribution in [2.45, 2.75) is 32.4 Å². The molecule has 3 aromatic rings. The third-order valence-corrected chi connectivity index (χ3v) is 6.95. The van der Waals surface area contributed by atoms with E-state index in [4.69, 9.17) is 14.3 Å². The van der Waals surface area contributed by atoms with E-state index in [-0.39, 0.29) is 24.0 Å². The molecule has 2 N–H and O–H groups in total. The number of benzene rings is 2. The van der Waals surface area contributed by atoms with Crippen molar-refractivity contribution in [3.63, 3.8) is 0 Å². The number of likely N-dealkylation sites (N-methyl/N-ethyl adjacent to an activating group) is 2. The minimum Gasteiger partial charge on any atom is -0.494 e. The van der Waals surface area contributed by atoms with E-state index < -0.39 is 0 Å². The molecule has 1 amide bonds. The Balaban J connectivity index is 1.61. The monoisotopic (exact) mass is 603 g/mol. The zero-order valence-electron chi connectivity index (χ0n) is 26.2. The number of amides is 1. The number of aromatic nitrogens is 2. The summed E-state index contributed by atoms with van der Waals surface area (Å²) >= 11 is 0. The van der Waals surface area contributed by atoms with Crippen molar-refractivity contribution in [3.05, 3.63) is 72.6 Å². The predicted octanol–water partition coefficient (Wildman–Crippen LogP) is 4.80. The van der Waals surface area contributed by atoms with E-state index in [9.17, 15) is 9.59 Å². The highest BCUT2D eigenvalue weighted by Crippen LogP contribution is 2.39. The fourth-order valence-corrected chi connectivity index (χ4v) is 4.73. The summed E-state index contributed by atoms with van der Waals surface area (Å²) in [5.41, 5.74) is 3.37. The van der Waals surface area contributed by atoms with Crippen LogP contribution in [0.25, 0.3) is 0 Å². The fourth-order valence-electron chi connectivity index (χ4n) is 4.73. The van der Waals surface area contributed by atoms with Crippen molar-refractivity contribution in [2.75, 3.05) is 68.5 Å². The van der Waals surface area contributed by atoms with Crippen LogP contribution in [0.2, 0.25) is 0 Å². The zero-order valence-corrected chi connectivity index (χ0v) is 26.2. The standard InChI is InChI=1S/C32H41N7O5/c1-8-31(40)36-24-17-25(28(42-7)18-27(24)38(6)14-13-37(4)5)35-29-19-30(34-20-33-29)39-26(12-15-43-39)22-10-9-11-23(16-22)32(41)44-21(2)3/h8-11,16-21,26H,1,12-15H2,2-7H3,(H,36,40)(H,33,34,35)/t26-/m1/s1. The molecule has 1 atom stereocenters. The summed E-state index contributed by atoms with van der Waals surface area (Å²) in [6, 6.07) is 12.6. The van der Waals surface area contributed by atoms with Crippen molar-refractivity contribution in [1.29, 1.82) is 0 Å². The maximum atomic E-state index is 12.5. The molecule has 2 aromatic carbocycles. The molecule has 12 nitrogen and oxygen atoms in total. The predicted molar refractivity (Wildman–Crippen MR) is 172 cm³/mol. The number of anilines is 5. The summed E-state index contributed by atoms with van der Waals surface area (Å²) in [6.45, 7) is 9.27. The normalized spacial score (nSPS) is 14.5. The third-order valence-electron chi connectivity index (χ3n) is 6.95. The molecule has 0 bridgehead atoms. The van der Waals surface area contributed by atoms with Crippen LogP contribution in [0.5, 0.6) is 5.75 Å². The second-order valence-electron chi connectivity index (χ2n) is 10.9. The summed E-state index contributed by atoms with van der Waals surface area (Å²) in [7, 11) is 7.56. The van der Waals surface area contributed by atoms with Gasteiger partial charge in [-0.05, 0) is 57.8 Å². The number of carbonyl (C=O) groups is 2. The van der Waals surface area contributed by atoms with E-state index in [2.05, 4.69) is 37.0 Å². The number of esters is 1. The fraction of sp³-hybridized carbons (Fsp3) is 0.375. The van der Waals surface area contributed by atoms with Crippen molar-refractivity contribution in [1.82, 2.24) is 14.9 Å². The molecule has 1 aliphatic rings. The molecule has 2 heterocycles. The number of carbonyl (C=O) groups excluding carboxylic acids is 2. The van der Waals surface area contributed by atoms with E-state index in [0.717, 1.165) is 24.3 Å². The minimum absolute atomic E-state index is 0.170. The summed E-state index contributed by atoms with van der Waals surface area (Å²) in [5, 5.41) is 7.95. The van der Waals surface area contributed by atoms with Crippen LogP contribution in [0, 0.1) is 0 Å². The molecule has 1 aromatic heterocycles. The Bertz CT molecular complexity index is 1480. The maximum Gasteiger partial charge on any atom is 0.338 e. The van der Waals surface area contributed by atoms with E-state index >= 15 is 0 Å². The van der Waals surface area contributed by atoms with Gasteiger partial charge in [0.05, 0.1) is 48.5 Å². The third kappa shape index (κ3) is 8.03. The Labute approximate surface area is 258 Å². The molecule has 0 unspecified atom stereocenters. The van der Waals surface area contributed by atoms with Crippen LogP contribution in [0.1, 0.15) is 42.2 Å².